The average Bonchev–Trinajstić information content (AvgIpc) is 2.00. The van der Waals surface area contributed by atoms with Crippen LogP contribution in [0.1, 0.15) is 1.43 Å². The van der Waals surface area contributed by atoms with Crippen molar-refractivity contribution in [2.75, 3.05) is 0 Å². The molecule has 3 N–H and O–H groups in total. The molecule has 0 aliphatic rings. The van der Waals surface area contributed by atoms with Gasteiger partial charge in [0.2, 0.25) is 0 Å². The fourth-order valence-electron chi connectivity index (χ4n) is 0.0630. The predicted octanol–water partition coefficient (Wildman–Crippen LogP) is -5.09. The van der Waals surface area contributed by atoms with Crippen LogP contribution in [-0.4, -0.2) is 34.3 Å². The number of carbonyl (C=O) groups excluding carboxylic acids is 2. The zero-order valence-electron chi connectivity index (χ0n) is 7.31. The monoisotopic (exact) mass is 274 g/mol. The third kappa shape index (κ3) is 19.1. The van der Waals surface area contributed by atoms with E-state index in [4.69, 9.17) is 15.1 Å². The van der Waals surface area contributed by atoms with Crippen LogP contribution in [0.15, 0.2) is 0 Å². The minimum atomic E-state index is -2.17. The molecule has 0 aliphatic heterocycles. The molecule has 13 heavy (non-hydrogen) atoms. The first kappa shape index (κ1) is 19.2. The second-order valence-corrected chi connectivity index (χ2v) is 1.08. The van der Waals surface area contributed by atoms with E-state index >= 15 is 0 Å². The summed E-state index contributed by atoms with van der Waals surface area (Å²) in [6.07, 6.45) is 0. The van der Waals surface area contributed by atoms with E-state index in [1.54, 1.807) is 0 Å². The van der Waals surface area contributed by atoms with Crippen molar-refractivity contribution in [3.8, 4) is 0 Å². The number of halogens is 2. The number of carbonyl (C=O) groups is 2. The van der Waals surface area contributed by atoms with Crippen molar-refractivity contribution in [2.45, 2.75) is 0 Å². The molecule has 0 unspecified atom stereocenters. The van der Waals surface area contributed by atoms with Gasteiger partial charge in [-0.2, -0.15) is 0 Å². The van der Waals surface area contributed by atoms with Crippen molar-refractivity contribution >= 4 is 19.3 Å². The molecule has 0 spiro atoms. The van der Waals surface area contributed by atoms with Crippen LogP contribution in [0.2, 0.25) is 0 Å². The maximum Gasteiger partial charge on any atom is 1.00 e. The van der Waals surface area contributed by atoms with Crippen molar-refractivity contribution in [1.82, 2.24) is 0 Å². The molecule has 0 bridgehead atoms. The molecule has 0 saturated heterocycles. The van der Waals surface area contributed by atoms with E-state index in [2.05, 4.69) is 9.88 Å². The molecule has 0 aliphatic carbocycles. The van der Waals surface area contributed by atoms with Crippen LogP contribution in [0.25, 0.3) is 0 Å². The third-order valence-corrected chi connectivity index (χ3v) is 0.307. The van der Waals surface area contributed by atoms with Gasteiger partial charge in [-0.3, -0.25) is 0 Å². The minimum absolute atomic E-state index is 0. The molecule has 0 aromatic rings. The Morgan fingerprint density at radius 2 is 1.23 bits per heavy atom. The Balaban J connectivity index is -0.0000000733. The first-order valence-electron chi connectivity index (χ1n) is 2.15. The maximum absolute atomic E-state index is 10.5. The first-order chi connectivity index (χ1) is 5.45. The van der Waals surface area contributed by atoms with E-state index < -0.39 is 19.3 Å². The first-order valence-corrected chi connectivity index (χ1v) is 2.15. The van der Waals surface area contributed by atoms with Gasteiger partial charge in [-0.1, -0.05) is 0 Å². The molecular formula is C2H4BF2O7Rb. The number of hydrogen-bond donors (Lipinski definition) is 3. The van der Waals surface area contributed by atoms with Gasteiger partial charge in [0.05, 0.1) is 0 Å². The summed E-state index contributed by atoms with van der Waals surface area (Å²) in [6, 6.07) is 0. The summed E-state index contributed by atoms with van der Waals surface area (Å²) in [5.74, 6) is -4.04. The molecule has 0 amide bonds. The number of hydrogen-bond acceptors (Lipinski definition) is 7. The topological polar surface area (TPSA) is 113 Å². The quantitative estimate of drug-likeness (QED) is 0.299. The van der Waals surface area contributed by atoms with Gasteiger partial charge < -0.3 is 16.5 Å². The van der Waals surface area contributed by atoms with Crippen molar-refractivity contribution in [1.29, 1.82) is 0 Å². The Morgan fingerprint density at radius 1 is 1.08 bits per heavy atom. The van der Waals surface area contributed by atoms with Crippen molar-refractivity contribution in [3.63, 3.8) is 0 Å². The second kappa shape index (κ2) is 12.6. The SMILES string of the molecule is O=C(OF)C(=O)OF.OB(O)O.[H-].[Rb+]. The molecule has 0 fully saturated rings. The molecule has 0 aromatic heterocycles. The molecule has 0 saturated carbocycles. The third-order valence-electron chi connectivity index (χ3n) is 0.307. The summed E-state index contributed by atoms with van der Waals surface area (Å²) >= 11 is 0. The van der Waals surface area contributed by atoms with Crippen LogP contribution < -0.4 is 58.2 Å². The van der Waals surface area contributed by atoms with Gasteiger partial charge >= 0.3 is 77.4 Å². The van der Waals surface area contributed by atoms with E-state index in [1.165, 1.54) is 0 Å². The Bertz CT molecular complexity index is 142. The van der Waals surface area contributed by atoms with Gasteiger partial charge in [-0.15, -0.1) is 0 Å². The molecule has 0 atom stereocenters. The Morgan fingerprint density at radius 3 is 1.31 bits per heavy atom. The van der Waals surface area contributed by atoms with Crippen LogP contribution in [0.3, 0.4) is 0 Å². The summed E-state index contributed by atoms with van der Waals surface area (Å²) in [5, 5.41) is 21.5. The van der Waals surface area contributed by atoms with Crippen molar-refractivity contribution < 1.29 is 103 Å². The Labute approximate surface area is 121 Å². The Hall–Kier alpha value is 0.550. The summed E-state index contributed by atoms with van der Waals surface area (Å²) in [5.41, 5.74) is 0. The Kier molecular flexibility index (Phi) is 18.5. The summed E-state index contributed by atoms with van der Waals surface area (Å²) in [7, 11) is -2.17. The molecule has 7 nitrogen and oxygen atoms in total. The largest absolute Gasteiger partial charge is 1.00 e. The molecule has 11 heteroatoms. The van der Waals surface area contributed by atoms with E-state index in [9.17, 15) is 18.6 Å². The summed E-state index contributed by atoms with van der Waals surface area (Å²) < 4.78 is 21.0. The second-order valence-electron chi connectivity index (χ2n) is 1.08. The zero-order valence-corrected chi connectivity index (χ0v) is 11.2. The van der Waals surface area contributed by atoms with Crippen LogP contribution in [-0.2, 0) is 19.5 Å². The fourth-order valence-corrected chi connectivity index (χ4v) is 0.0630. The van der Waals surface area contributed by atoms with E-state index in [0.29, 0.717) is 0 Å². The predicted molar refractivity (Wildman–Crippen MR) is 27.9 cm³/mol. The standard InChI is InChI=1S/C2F2O4.BH3O3.Rb.H/c3-7-1(5)2(6)8-4;2-1(3)4;;/h;2-4H;;/q;;+1;-1. The van der Waals surface area contributed by atoms with Gasteiger partial charge in [0, 0.05) is 9.05 Å². The smallest absolute Gasteiger partial charge is 1.00 e. The molecular weight excluding hydrogens is 270 g/mol. The van der Waals surface area contributed by atoms with E-state index in [1.807, 2.05) is 0 Å². The summed E-state index contributed by atoms with van der Waals surface area (Å²) in [4.78, 5) is 23.4. The van der Waals surface area contributed by atoms with Crippen LogP contribution in [0, 0.1) is 0 Å². The number of rotatable bonds is 0. The molecule has 72 valence electrons. The van der Waals surface area contributed by atoms with Crippen LogP contribution in [0.4, 0.5) is 9.05 Å². The van der Waals surface area contributed by atoms with Gasteiger partial charge in [0.15, 0.2) is 0 Å². The van der Waals surface area contributed by atoms with E-state index in [0.717, 1.165) is 0 Å². The van der Waals surface area contributed by atoms with E-state index in [-0.39, 0.29) is 59.6 Å². The fraction of sp³-hybridized carbons (Fsp3) is 0. The minimum Gasteiger partial charge on any atom is -1.00 e. The summed E-state index contributed by atoms with van der Waals surface area (Å²) in [6.45, 7) is 0. The molecule has 0 radical (unpaired) electrons. The molecule has 0 aromatic carbocycles. The van der Waals surface area contributed by atoms with Crippen molar-refractivity contribution in [3.05, 3.63) is 0 Å². The normalized spacial score (nSPS) is 6.85. The van der Waals surface area contributed by atoms with Crippen molar-refractivity contribution in [2.24, 2.45) is 0 Å². The van der Waals surface area contributed by atoms with Crippen LogP contribution in [0.5, 0.6) is 0 Å². The van der Waals surface area contributed by atoms with Gasteiger partial charge in [0.25, 0.3) is 0 Å². The maximum atomic E-state index is 10.5. The average molecular weight is 274 g/mol. The molecule has 0 heterocycles. The van der Waals surface area contributed by atoms with Gasteiger partial charge in [-0.25, -0.2) is 19.5 Å². The molecule has 0 rings (SSSR count). The van der Waals surface area contributed by atoms with Crippen LogP contribution >= 0.6 is 0 Å². The van der Waals surface area contributed by atoms with Gasteiger partial charge in [0.1, 0.15) is 0 Å². The zero-order chi connectivity index (χ0) is 10.1. The van der Waals surface area contributed by atoms with Gasteiger partial charge in [-0.05, 0) is 0 Å².